The van der Waals surface area contributed by atoms with Gasteiger partial charge >= 0.3 is 0 Å². The van der Waals surface area contributed by atoms with Crippen molar-refractivity contribution in [3.63, 3.8) is 0 Å². The molecule has 6 heteroatoms. The van der Waals surface area contributed by atoms with Crippen LogP contribution in [0.4, 0.5) is 5.82 Å². The van der Waals surface area contributed by atoms with Gasteiger partial charge in [0, 0.05) is 17.3 Å². The Kier molecular flexibility index (Phi) is 4.99. The number of anilines is 1. The van der Waals surface area contributed by atoms with Crippen molar-refractivity contribution in [3.05, 3.63) is 71.4 Å². The van der Waals surface area contributed by atoms with Gasteiger partial charge in [0.05, 0.1) is 24.4 Å². The van der Waals surface area contributed by atoms with Crippen LogP contribution in [0.2, 0.25) is 0 Å². The summed E-state index contributed by atoms with van der Waals surface area (Å²) in [6, 6.07) is 18.0. The molecule has 0 unspecified atom stereocenters. The number of aryl methyl sites for hydroxylation is 1. The summed E-state index contributed by atoms with van der Waals surface area (Å²) in [5.41, 5.74) is 2.87. The summed E-state index contributed by atoms with van der Waals surface area (Å²) in [7, 11) is 1.56. The quantitative estimate of drug-likeness (QED) is 0.766. The Morgan fingerprint density at radius 1 is 1.23 bits per heavy atom. The molecule has 6 nitrogen and oxygen atoms in total. The Labute approximate surface area is 151 Å². The van der Waals surface area contributed by atoms with Gasteiger partial charge in [0.2, 0.25) is 0 Å². The van der Waals surface area contributed by atoms with Crippen LogP contribution in [0.25, 0.3) is 5.69 Å². The molecule has 130 valence electrons. The Bertz CT molecular complexity index is 968. The van der Waals surface area contributed by atoms with Gasteiger partial charge in [-0.25, -0.2) is 4.68 Å². The van der Waals surface area contributed by atoms with E-state index in [2.05, 4.69) is 16.5 Å². The van der Waals surface area contributed by atoms with Crippen LogP contribution in [-0.4, -0.2) is 22.8 Å². The van der Waals surface area contributed by atoms with Crippen LogP contribution >= 0.6 is 0 Å². The van der Waals surface area contributed by atoms with E-state index in [9.17, 15) is 4.79 Å². The molecule has 1 aromatic heterocycles. The van der Waals surface area contributed by atoms with E-state index in [-0.39, 0.29) is 5.91 Å². The summed E-state index contributed by atoms with van der Waals surface area (Å²) in [4.78, 5) is 12.5. The molecule has 0 saturated carbocycles. The highest BCUT2D eigenvalue weighted by Crippen LogP contribution is 2.19. The number of nitrogens with zero attached hydrogens (tertiary/aromatic N) is 3. The van der Waals surface area contributed by atoms with Crippen LogP contribution in [0.15, 0.2) is 54.6 Å². The van der Waals surface area contributed by atoms with Crippen LogP contribution in [-0.2, 0) is 6.42 Å². The van der Waals surface area contributed by atoms with Gasteiger partial charge in [0.25, 0.3) is 5.91 Å². The number of nitrogens with one attached hydrogen (secondary N) is 1. The lowest BCUT2D eigenvalue weighted by molar-refractivity contribution is 0.102. The number of ether oxygens (including phenoxy) is 1. The highest BCUT2D eigenvalue weighted by molar-refractivity contribution is 6.04. The van der Waals surface area contributed by atoms with Crippen LogP contribution < -0.4 is 10.1 Å². The Morgan fingerprint density at radius 3 is 2.65 bits per heavy atom. The highest BCUT2D eigenvalue weighted by Gasteiger charge is 2.13. The average molecular weight is 346 g/mol. The van der Waals surface area contributed by atoms with Gasteiger partial charge in [0.1, 0.15) is 5.75 Å². The number of benzene rings is 2. The van der Waals surface area contributed by atoms with Crippen molar-refractivity contribution < 1.29 is 9.53 Å². The minimum atomic E-state index is -0.254. The topological polar surface area (TPSA) is 79.9 Å². The molecule has 0 bridgehead atoms. The number of hydrogen-bond acceptors (Lipinski definition) is 4. The fraction of sp³-hybridized carbons (Fsp3) is 0.150. The standard InChI is InChI=1S/C20H18N4O2/c1-3-16-12-19(22-20(25)15-5-4-6-18(11-15)26-2)23-24(16)17-9-7-14(13-21)8-10-17/h4-12H,3H2,1-2H3,(H,22,23,25). The van der Waals surface area contributed by atoms with E-state index in [1.165, 1.54) is 0 Å². The van der Waals surface area contributed by atoms with E-state index in [0.29, 0.717) is 22.7 Å². The molecule has 0 fully saturated rings. The molecule has 3 rings (SSSR count). The van der Waals surface area contributed by atoms with Gasteiger partial charge in [-0.1, -0.05) is 13.0 Å². The number of carbonyl (C=O) groups is 1. The lowest BCUT2D eigenvalue weighted by atomic mass is 10.2. The number of rotatable bonds is 5. The summed E-state index contributed by atoms with van der Waals surface area (Å²) in [5.74, 6) is 0.838. The van der Waals surface area contributed by atoms with Crippen LogP contribution in [0, 0.1) is 11.3 Å². The van der Waals surface area contributed by atoms with Crippen LogP contribution in [0.5, 0.6) is 5.75 Å². The Morgan fingerprint density at radius 2 is 2.00 bits per heavy atom. The molecule has 2 aromatic carbocycles. The fourth-order valence-corrected chi connectivity index (χ4v) is 2.59. The Hall–Kier alpha value is -3.59. The predicted molar refractivity (Wildman–Crippen MR) is 98.6 cm³/mol. The highest BCUT2D eigenvalue weighted by atomic mass is 16.5. The van der Waals surface area contributed by atoms with Gasteiger partial charge in [0.15, 0.2) is 5.82 Å². The molecular weight excluding hydrogens is 328 g/mol. The normalized spacial score (nSPS) is 10.2. The maximum atomic E-state index is 12.5. The molecule has 0 spiro atoms. The van der Waals surface area contributed by atoms with Crippen LogP contribution in [0.1, 0.15) is 28.5 Å². The van der Waals surface area contributed by atoms with Crippen LogP contribution in [0.3, 0.4) is 0 Å². The fourth-order valence-electron chi connectivity index (χ4n) is 2.59. The van der Waals surface area contributed by atoms with Crippen molar-refractivity contribution >= 4 is 11.7 Å². The Balaban J connectivity index is 1.86. The summed E-state index contributed by atoms with van der Waals surface area (Å²) in [5, 5.41) is 16.2. The van der Waals surface area contributed by atoms with E-state index in [4.69, 9.17) is 10.00 Å². The van der Waals surface area contributed by atoms with E-state index >= 15 is 0 Å². The SMILES string of the molecule is CCc1cc(NC(=O)c2cccc(OC)c2)nn1-c1ccc(C#N)cc1. The van der Waals surface area contributed by atoms with E-state index in [0.717, 1.165) is 17.8 Å². The first-order valence-corrected chi connectivity index (χ1v) is 8.19. The number of nitriles is 1. The molecule has 0 aliphatic heterocycles. The summed E-state index contributed by atoms with van der Waals surface area (Å²) < 4.78 is 6.92. The monoisotopic (exact) mass is 346 g/mol. The molecule has 1 N–H and O–H groups in total. The van der Waals surface area contributed by atoms with Gasteiger partial charge in [-0.15, -0.1) is 5.10 Å². The molecular formula is C20H18N4O2. The predicted octanol–water partition coefficient (Wildman–Crippen LogP) is 3.57. The second-order valence-electron chi connectivity index (χ2n) is 5.63. The molecule has 1 heterocycles. The minimum Gasteiger partial charge on any atom is -0.497 e. The number of carbonyl (C=O) groups excluding carboxylic acids is 1. The maximum absolute atomic E-state index is 12.5. The van der Waals surface area contributed by atoms with Crippen molar-refractivity contribution in [2.45, 2.75) is 13.3 Å². The van der Waals surface area contributed by atoms with E-state index in [1.807, 2.05) is 25.1 Å². The van der Waals surface area contributed by atoms with Gasteiger partial charge in [-0.2, -0.15) is 5.26 Å². The third-order valence-corrected chi connectivity index (χ3v) is 3.96. The molecule has 1 amide bonds. The second-order valence-corrected chi connectivity index (χ2v) is 5.63. The first-order valence-electron chi connectivity index (χ1n) is 8.19. The van der Waals surface area contributed by atoms with Crippen molar-refractivity contribution in [3.8, 4) is 17.5 Å². The summed E-state index contributed by atoms with van der Waals surface area (Å²) in [6.45, 7) is 2.02. The molecule has 3 aromatic rings. The molecule has 0 saturated heterocycles. The molecule has 26 heavy (non-hydrogen) atoms. The zero-order valence-corrected chi connectivity index (χ0v) is 14.6. The number of methoxy groups -OCH3 is 1. The third kappa shape index (κ3) is 3.57. The average Bonchev–Trinajstić information content (AvgIpc) is 3.10. The van der Waals surface area contributed by atoms with E-state index in [1.54, 1.807) is 48.2 Å². The number of aromatic nitrogens is 2. The smallest absolute Gasteiger partial charge is 0.256 e. The van der Waals surface area contributed by atoms with Crippen molar-refractivity contribution in [1.29, 1.82) is 5.26 Å². The second kappa shape index (κ2) is 7.53. The lowest BCUT2D eigenvalue weighted by Crippen LogP contribution is -2.12. The number of amides is 1. The van der Waals surface area contributed by atoms with Gasteiger partial charge in [-0.05, 0) is 48.9 Å². The van der Waals surface area contributed by atoms with Gasteiger partial charge < -0.3 is 10.1 Å². The zero-order valence-electron chi connectivity index (χ0n) is 14.6. The first-order chi connectivity index (χ1) is 12.6. The first kappa shape index (κ1) is 17.2. The van der Waals surface area contributed by atoms with E-state index < -0.39 is 0 Å². The van der Waals surface area contributed by atoms with Crippen molar-refractivity contribution in [2.24, 2.45) is 0 Å². The largest absolute Gasteiger partial charge is 0.497 e. The molecule has 0 aliphatic rings. The lowest BCUT2D eigenvalue weighted by Gasteiger charge is -2.06. The van der Waals surface area contributed by atoms with Crippen molar-refractivity contribution in [1.82, 2.24) is 9.78 Å². The minimum absolute atomic E-state index is 0.254. The third-order valence-electron chi connectivity index (χ3n) is 3.96. The molecule has 0 atom stereocenters. The zero-order chi connectivity index (χ0) is 18.5. The summed E-state index contributed by atoms with van der Waals surface area (Å²) >= 11 is 0. The van der Waals surface area contributed by atoms with Gasteiger partial charge in [-0.3, -0.25) is 4.79 Å². The molecule has 0 radical (unpaired) electrons. The number of hydrogen-bond donors (Lipinski definition) is 1. The molecule has 0 aliphatic carbocycles. The maximum Gasteiger partial charge on any atom is 0.256 e. The van der Waals surface area contributed by atoms with Crippen molar-refractivity contribution in [2.75, 3.05) is 12.4 Å². The summed E-state index contributed by atoms with van der Waals surface area (Å²) in [6.07, 6.45) is 0.752.